The van der Waals surface area contributed by atoms with E-state index in [9.17, 15) is 9.00 Å². The summed E-state index contributed by atoms with van der Waals surface area (Å²) in [5.41, 5.74) is 8.25. The standard InChI is InChI=1S/C22H30N4O4S/c23-22(28)11-10-21-17-25(19-7-2-1-3-8-19)12-13-26(21)20-9-4-6-18(16-20)24-31(29)30-15-5-14-27/h1-4,6-9,16,21,24,27H,5,10-15,17H2,(H2,23,28). The van der Waals surface area contributed by atoms with Crippen LogP contribution in [0.3, 0.4) is 0 Å². The van der Waals surface area contributed by atoms with Crippen LogP contribution in [0.4, 0.5) is 17.1 Å². The van der Waals surface area contributed by atoms with Crippen LogP contribution in [-0.2, 0) is 20.2 Å². The molecule has 31 heavy (non-hydrogen) atoms. The van der Waals surface area contributed by atoms with Crippen LogP contribution in [0.1, 0.15) is 19.3 Å². The molecule has 168 valence electrons. The number of nitrogens with two attached hydrogens (primary N) is 1. The van der Waals surface area contributed by atoms with Gasteiger partial charge in [0.1, 0.15) is 0 Å². The Kier molecular flexibility index (Phi) is 8.69. The van der Waals surface area contributed by atoms with Gasteiger partial charge < -0.3 is 20.6 Å². The number of benzene rings is 2. The predicted octanol–water partition coefficient (Wildman–Crippen LogP) is 2.04. The summed E-state index contributed by atoms with van der Waals surface area (Å²) in [6.45, 7) is 2.63. The zero-order valence-corrected chi connectivity index (χ0v) is 18.3. The number of aliphatic hydroxyl groups is 1. The van der Waals surface area contributed by atoms with Gasteiger partial charge in [-0.3, -0.25) is 13.7 Å². The number of nitrogens with one attached hydrogen (secondary N) is 1. The van der Waals surface area contributed by atoms with Crippen molar-refractivity contribution in [2.75, 3.05) is 47.4 Å². The molecule has 2 aromatic rings. The number of hydrogen-bond donors (Lipinski definition) is 3. The number of hydrogen-bond acceptors (Lipinski definition) is 6. The number of primary amides is 1. The quantitative estimate of drug-likeness (QED) is 0.456. The van der Waals surface area contributed by atoms with E-state index in [1.165, 1.54) is 0 Å². The lowest BCUT2D eigenvalue weighted by Gasteiger charge is -2.44. The highest BCUT2D eigenvalue weighted by atomic mass is 32.2. The maximum Gasteiger partial charge on any atom is 0.261 e. The van der Waals surface area contributed by atoms with Crippen LogP contribution in [0.25, 0.3) is 0 Å². The Morgan fingerprint density at radius 3 is 2.68 bits per heavy atom. The third-order valence-electron chi connectivity index (χ3n) is 5.20. The first-order valence-corrected chi connectivity index (χ1v) is 11.5. The highest BCUT2D eigenvalue weighted by molar-refractivity contribution is 7.81. The number of carbonyl (C=O) groups is 1. The lowest BCUT2D eigenvalue weighted by atomic mass is 10.0. The average molecular weight is 447 g/mol. The molecule has 1 aliphatic heterocycles. The minimum Gasteiger partial charge on any atom is -0.396 e. The van der Waals surface area contributed by atoms with Gasteiger partial charge in [0.25, 0.3) is 11.3 Å². The molecule has 1 saturated heterocycles. The summed E-state index contributed by atoms with van der Waals surface area (Å²) in [6, 6.07) is 18.0. The van der Waals surface area contributed by atoms with Crippen molar-refractivity contribution in [3.05, 3.63) is 54.6 Å². The van der Waals surface area contributed by atoms with Crippen molar-refractivity contribution in [3.8, 4) is 0 Å². The van der Waals surface area contributed by atoms with E-state index >= 15 is 0 Å². The van der Waals surface area contributed by atoms with Gasteiger partial charge >= 0.3 is 0 Å². The highest BCUT2D eigenvalue weighted by Crippen LogP contribution is 2.28. The maximum absolute atomic E-state index is 12.0. The summed E-state index contributed by atoms with van der Waals surface area (Å²) in [5.74, 6) is -0.303. The van der Waals surface area contributed by atoms with Gasteiger partial charge in [-0.15, -0.1) is 0 Å². The lowest BCUT2D eigenvalue weighted by molar-refractivity contribution is -0.118. The maximum atomic E-state index is 12.0. The first-order chi connectivity index (χ1) is 15.1. The van der Waals surface area contributed by atoms with E-state index < -0.39 is 11.3 Å². The van der Waals surface area contributed by atoms with Crippen LogP contribution in [-0.4, -0.2) is 54.1 Å². The second-order valence-corrected chi connectivity index (χ2v) is 8.33. The van der Waals surface area contributed by atoms with E-state index in [1.807, 2.05) is 42.5 Å². The predicted molar refractivity (Wildman–Crippen MR) is 124 cm³/mol. The third-order valence-corrected chi connectivity index (χ3v) is 5.98. The molecule has 9 heteroatoms. The topological polar surface area (TPSA) is 108 Å². The van der Waals surface area contributed by atoms with Crippen LogP contribution in [0.2, 0.25) is 0 Å². The summed E-state index contributed by atoms with van der Waals surface area (Å²) < 4.78 is 20.0. The van der Waals surface area contributed by atoms with Crippen molar-refractivity contribution in [2.24, 2.45) is 5.73 Å². The van der Waals surface area contributed by atoms with E-state index in [-0.39, 0.29) is 25.2 Å². The van der Waals surface area contributed by atoms with Gasteiger partial charge in [-0.25, -0.2) is 4.21 Å². The monoisotopic (exact) mass is 446 g/mol. The van der Waals surface area contributed by atoms with Crippen molar-refractivity contribution in [1.82, 2.24) is 0 Å². The van der Waals surface area contributed by atoms with Crippen molar-refractivity contribution in [3.63, 3.8) is 0 Å². The van der Waals surface area contributed by atoms with Gasteiger partial charge in [0.2, 0.25) is 5.91 Å². The number of piperazine rings is 1. The Morgan fingerprint density at radius 1 is 1.16 bits per heavy atom. The third kappa shape index (κ3) is 6.95. The summed E-state index contributed by atoms with van der Waals surface area (Å²) in [4.78, 5) is 16.0. The molecule has 2 unspecified atom stereocenters. The number of nitrogens with zero attached hydrogens (tertiary/aromatic N) is 2. The molecule has 0 aromatic heterocycles. The number of carbonyl (C=O) groups excluding carboxylic acids is 1. The van der Waals surface area contributed by atoms with Crippen LogP contribution in [0.15, 0.2) is 54.6 Å². The van der Waals surface area contributed by atoms with E-state index in [4.69, 9.17) is 15.0 Å². The molecule has 1 fully saturated rings. The Bertz CT molecular complexity index is 868. The molecule has 1 aliphatic rings. The van der Waals surface area contributed by atoms with Crippen LogP contribution in [0.5, 0.6) is 0 Å². The summed E-state index contributed by atoms with van der Waals surface area (Å²) in [6.07, 6.45) is 1.41. The fourth-order valence-electron chi connectivity index (χ4n) is 3.70. The summed E-state index contributed by atoms with van der Waals surface area (Å²) in [7, 11) is 0. The van der Waals surface area contributed by atoms with E-state index in [2.05, 4.69) is 26.7 Å². The molecule has 2 atom stereocenters. The van der Waals surface area contributed by atoms with Crippen LogP contribution < -0.4 is 20.3 Å². The largest absolute Gasteiger partial charge is 0.396 e. The van der Waals surface area contributed by atoms with Crippen LogP contribution in [0, 0.1) is 0 Å². The van der Waals surface area contributed by atoms with Gasteiger partial charge in [0.15, 0.2) is 0 Å². The molecular formula is C22H30N4O4S. The first-order valence-electron chi connectivity index (χ1n) is 10.4. The smallest absolute Gasteiger partial charge is 0.261 e. The second-order valence-electron chi connectivity index (χ2n) is 7.42. The van der Waals surface area contributed by atoms with Gasteiger partial charge in [-0.1, -0.05) is 24.3 Å². The van der Waals surface area contributed by atoms with Crippen molar-refractivity contribution in [1.29, 1.82) is 0 Å². The molecule has 0 saturated carbocycles. The minimum atomic E-state index is -1.68. The van der Waals surface area contributed by atoms with E-state index in [0.29, 0.717) is 24.9 Å². The van der Waals surface area contributed by atoms with Crippen molar-refractivity contribution >= 4 is 34.2 Å². The first kappa shape index (κ1) is 23.1. The van der Waals surface area contributed by atoms with Crippen molar-refractivity contribution in [2.45, 2.75) is 25.3 Å². The summed E-state index contributed by atoms with van der Waals surface area (Å²) >= 11 is -1.68. The van der Waals surface area contributed by atoms with Gasteiger partial charge in [0, 0.05) is 50.1 Å². The Morgan fingerprint density at radius 2 is 1.94 bits per heavy atom. The molecule has 1 amide bonds. The minimum absolute atomic E-state index is 0.00562. The molecule has 2 aromatic carbocycles. The number of para-hydroxylation sites is 1. The zero-order valence-electron chi connectivity index (χ0n) is 17.5. The average Bonchev–Trinajstić information content (AvgIpc) is 2.78. The molecule has 0 aliphatic carbocycles. The molecule has 3 rings (SSSR count). The number of amides is 1. The van der Waals surface area contributed by atoms with Gasteiger partial charge in [0.05, 0.1) is 12.3 Å². The van der Waals surface area contributed by atoms with Crippen LogP contribution >= 0.6 is 0 Å². The molecule has 0 radical (unpaired) electrons. The fraction of sp³-hybridized carbons (Fsp3) is 0.409. The Balaban J connectivity index is 1.71. The highest BCUT2D eigenvalue weighted by Gasteiger charge is 2.28. The van der Waals surface area contributed by atoms with Gasteiger partial charge in [-0.2, -0.15) is 0 Å². The lowest BCUT2D eigenvalue weighted by Crippen LogP contribution is -2.53. The Hall–Kier alpha value is -2.62. The molecule has 4 N–H and O–H groups in total. The molecule has 1 heterocycles. The molecule has 0 spiro atoms. The number of anilines is 3. The normalized spacial score (nSPS) is 17.4. The molecule has 8 nitrogen and oxygen atoms in total. The summed E-state index contributed by atoms with van der Waals surface area (Å²) in [5, 5.41) is 8.81. The number of rotatable bonds is 11. The van der Waals surface area contributed by atoms with E-state index in [1.54, 1.807) is 0 Å². The second kappa shape index (κ2) is 11.7. The fourth-order valence-corrected chi connectivity index (χ4v) is 4.34. The number of aliphatic hydroxyl groups excluding tert-OH is 1. The zero-order chi connectivity index (χ0) is 22.1. The Labute approximate surface area is 185 Å². The van der Waals surface area contributed by atoms with Crippen molar-refractivity contribution < 1.29 is 18.3 Å². The van der Waals surface area contributed by atoms with Gasteiger partial charge in [-0.05, 0) is 43.2 Å². The molecule has 0 bridgehead atoms. The van der Waals surface area contributed by atoms with E-state index in [0.717, 1.165) is 31.0 Å². The SMILES string of the molecule is NC(=O)CCC1CN(c2ccccc2)CCN1c1cccc(NS(=O)OCCCO)c1. The molecular weight excluding hydrogens is 416 g/mol.